The average molecular weight is 320 g/mol. The number of amides is 1. The fourth-order valence-electron chi connectivity index (χ4n) is 2.55. The molecule has 2 rings (SSSR count). The molecule has 1 unspecified atom stereocenters. The minimum atomic E-state index is -0.496. The van der Waals surface area contributed by atoms with Gasteiger partial charge in [-0.05, 0) is 62.8 Å². The molecule has 5 nitrogen and oxygen atoms in total. The first kappa shape index (κ1) is 17.8. The smallest absolute Gasteiger partial charge is 0.412 e. The lowest BCUT2D eigenvalue weighted by atomic mass is 10.1. The lowest BCUT2D eigenvalue weighted by Crippen LogP contribution is -2.27. The largest absolute Gasteiger partial charge is 0.444 e. The summed E-state index contributed by atoms with van der Waals surface area (Å²) in [7, 11) is 0. The van der Waals surface area contributed by atoms with Crippen molar-refractivity contribution in [2.24, 2.45) is 5.92 Å². The number of benzene rings is 1. The Morgan fingerprint density at radius 2 is 2.09 bits per heavy atom. The van der Waals surface area contributed by atoms with Crippen LogP contribution in [0.3, 0.4) is 0 Å². The highest BCUT2D eigenvalue weighted by Gasteiger charge is 2.23. The van der Waals surface area contributed by atoms with Crippen molar-refractivity contribution in [2.75, 3.05) is 11.9 Å². The van der Waals surface area contributed by atoms with Crippen LogP contribution in [0.5, 0.6) is 0 Å². The number of hydroxylamine groups is 1. The van der Waals surface area contributed by atoms with E-state index in [0.717, 1.165) is 18.5 Å². The van der Waals surface area contributed by atoms with Gasteiger partial charge in [0.15, 0.2) is 0 Å². The molecule has 0 radical (unpaired) electrons. The van der Waals surface area contributed by atoms with Crippen molar-refractivity contribution in [3.63, 3.8) is 0 Å². The van der Waals surface area contributed by atoms with Crippen LogP contribution in [0.25, 0.3) is 0 Å². The number of carbonyl (C=O) groups excluding carboxylic acids is 1. The lowest BCUT2D eigenvalue weighted by Gasteiger charge is -2.20. The van der Waals surface area contributed by atoms with E-state index in [1.807, 2.05) is 39.0 Å². The van der Waals surface area contributed by atoms with Gasteiger partial charge in [-0.1, -0.05) is 19.9 Å². The van der Waals surface area contributed by atoms with Gasteiger partial charge in [0.05, 0.1) is 12.6 Å². The molecule has 1 aliphatic carbocycles. The second kappa shape index (κ2) is 7.32. The van der Waals surface area contributed by atoms with Gasteiger partial charge >= 0.3 is 6.09 Å². The molecule has 0 saturated heterocycles. The number of aryl methyl sites for hydroxylation is 1. The summed E-state index contributed by atoms with van der Waals surface area (Å²) < 4.78 is 5.28. The standard InChI is InChI=1S/C18H28N2O3/c1-12(2)11-22-20-16-9-6-13-10-14(7-8-15(13)16)19-17(21)23-18(3,4)5/h7-8,10,12,16,20H,6,9,11H2,1-5H3,(H,19,21). The van der Waals surface area contributed by atoms with E-state index in [0.29, 0.717) is 12.5 Å². The van der Waals surface area contributed by atoms with Crippen molar-refractivity contribution in [2.45, 2.75) is 59.1 Å². The molecule has 23 heavy (non-hydrogen) atoms. The third-order valence-electron chi connectivity index (χ3n) is 3.51. The van der Waals surface area contributed by atoms with E-state index in [4.69, 9.17) is 9.57 Å². The molecule has 0 fully saturated rings. The van der Waals surface area contributed by atoms with Gasteiger partial charge in [-0.3, -0.25) is 5.32 Å². The molecule has 1 amide bonds. The number of nitrogens with one attached hydrogen (secondary N) is 2. The molecular formula is C18H28N2O3. The summed E-state index contributed by atoms with van der Waals surface area (Å²) in [6.45, 7) is 10.5. The zero-order chi connectivity index (χ0) is 17.0. The maximum absolute atomic E-state index is 11.8. The summed E-state index contributed by atoms with van der Waals surface area (Å²) in [6, 6.07) is 6.19. The first-order chi connectivity index (χ1) is 10.7. The molecule has 0 aliphatic heterocycles. The first-order valence-corrected chi connectivity index (χ1v) is 8.25. The van der Waals surface area contributed by atoms with E-state index in [2.05, 4.69) is 24.6 Å². The van der Waals surface area contributed by atoms with Gasteiger partial charge in [0.2, 0.25) is 0 Å². The minimum Gasteiger partial charge on any atom is -0.444 e. The number of fused-ring (bicyclic) bond motifs is 1. The summed E-state index contributed by atoms with van der Waals surface area (Å²) in [5, 5.41) is 2.79. The molecule has 0 aromatic heterocycles. The Morgan fingerprint density at radius 3 is 2.74 bits per heavy atom. The van der Waals surface area contributed by atoms with E-state index in [9.17, 15) is 4.79 Å². The van der Waals surface area contributed by atoms with Gasteiger partial charge in [-0.2, -0.15) is 5.48 Å². The number of ether oxygens (including phenoxy) is 1. The van der Waals surface area contributed by atoms with E-state index >= 15 is 0 Å². The van der Waals surface area contributed by atoms with Crippen LogP contribution in [0, 0.1) is 5.92 Å². The zero-order valence-electron chi connectivity index (χ0n) is 14.7. The molecule has 1 atom stereocenters. The number of hydrogen-bond acceptors (Lipinski definition) is 4. The molecule has 1 aromatic rings. The Labute approximate surface area is 138 Å². The van der Waals surface area contributed by atoms with Gasteiger partial charge in [0.25, 0.3) is 0 Å². The van der Waals surface area contributed by atoms with Gasteiger partial charge in [0, 0.05) is 5.69 Å². The molecule has 1 aromatic carbocycles. The number of rotatable bonds is 5. The quantitative estimate of drug-likeness (QED) is 0.798. The summed E-state index contributed by atoms with van der Waals surface area (Å²) in [6.07, 6.45) is 1.55. The topological polar surface area (TPSA) is 59.6 Å². The molecular weight excluding hydrogens is 292 g/mol. The summed E-state index contributed by atoms with van der Waals surface area (Å²) in [5.74, 6) is 0.503. The van der Waals surface area contributed by atoms with Crippen LogP contribution in [-0.2, 0) is 16.0 Å². The van der Waals surface area contributed by atoms with Gasteiger partial charge in [0.1, 0.15) is 5.60 Å². The number of hydrogen-bond donors (Lipinski definition) is 2. The third-order valence-corrected chi connectivity index (χ3v) is 3.51. The maximum atomic E-state index is 11.8. The normalized spacial score (nSPS) is 17.2. The summed E-state index contributed by atoms with van der Waals surface area (Å²) in [4.78, 5) is 17.4. The number of anilines is 1. The predicted molar refractivity (Wildman–Crippen MR) is 91.3 cm³/mol. The van der Waals surface area contributed by atoms with Crippen molar-refractivity contribution in [3.05, 3.63) is 29.3 Å². The van der Waals surface area contributed by atoms with Gasteiger partial charge in [-0.25, -0.2) is 4.79 Å². The van der Waals surface area contributed by atoms with E-state index in [1.165, 1.54) is 11.1 Å². The second-order valence-electron chi connectivity index (χ2n) is 7.45. The van der Waals surface area contributed by atoms with Crippen LogP contribution in [0.1, 0.15) is 58.2 Å². The van der Waals surface area contributed by atoms with Crippen molar-refractivity contribution >= 4 is 11.8 Å². The fourth-order valence-corrected chi connectivity index (χ4v) is 2.55. The molecule has 0 saturated carbocycles. The van der Waals surface area contributed by atoms with E-state index in [1.54, 1.807) is 0 Å². The molecule has 0 bridgehead atoms. The Hall–Kier alpha value is -1.59. The van der Waals surface area contributed by atoms with E-state index in [-0.39, 0.29) is 6.04 Å². The van der Waals surface area contributed by atoms with Crippen LogP contribution in [0.15, 0.2) is 18.2 Å². The van der Waals surface area contributed by atoms with Crippen molar-refractivity contribution < 1.29 is 14.4 Å². The molecule has 2 N–H and O–H groups in total. The minimum absolute atomic E-state index is 0.222. The third kappa shape index (κ3) is 5.52. The highest BCUT2D eigenvalue weighted by molar-refractivity contribution is 5.85. The second-order valence-corrected chi connectivity index (χ2v) is 7.45. The highest BCUT2D eigenvalue weighted by Crippen LogP contribution is 2.33. The van der Waals surface area contributed by atoms with Crippen molar-refractivity contribution in [3.8, 4) is 0 Å². The zero-order valence-corrected chi connectivity index (χ0v) is 14.7. The Morgan fingerprint density at radius 1 is 1.35 bits per heavy atom. The molecule has 5 heteroatoms. The van der Waals surface area contributed by atoms with Crippen LogP contribution < -0.4 is 10.8 Å². The van der Waals surface area contributed by atoms with Crippen LogP contribution in [0.4, 0.5) is 10.5 Å². The van der Waals surface area contributed by atoms with Crippen molar-refractivity contribution in [1.82, 2.24) is 5.48 Å². The lowest BCUT2D eigenvalue weighted by molar-refractivity contribution is 0.000637. The van der Waals surface area contributed by atoms with Crippen LogP contribution >= 0.6 is 0 Å². The highest BCUT2D eigenvalue weighted by atomic mass is 16.6. The fraction of sp³-hybridized carbons (Fsp3) is 0.611. The summed E-state index contributed by atoms with van der Waals surface area (Å²) >= 11 is 0. The Bertz CT molecular complexity index is 550. The monoisotopic (exact) mass is 320 g/mol. The van der Waals surface area contributed by atoms with Gasteiger partial charge in [-0.15, -0.1) is 0 Å². The average Bonchev–Trinajstić information content (AvgIpc) is 2.78. The molecule has 0 heterocycles. The van der Waals surface area contributed by atoms with Crippen molar-refractivity contribution in [1.29, 1.82) is 0 Å². The maximum Gasteiger partial charge on any atom is 0.412 e. The first-order valence-electron chi connectivity index (χ1n) is 8.25. The van der Waals surface area contributed by atoms with Gasteiger partial charge < -0.3 is 9.57 Å². The molecule has 1 aliphatic rings. The van der Waals surface area contributed by atoms with Crippen LogP contribution in [-0.4, -0.2) is 18.3 Å². The molecule has 128 valence electrons. The van der Waals surface area contributed by atoms with Crippen LogP contribution in [0.2, 0.25) is 0 Å². The van der Waals surface area contributed by atoms with E-state index < -0.39 is 11.7 Å². The predicted octanol–water partition coefficient (Wildman–Crippen LogP) is 4.20. The number of carbonyl (C=O) groups is 1. The Kier molecular flexibility index (Phi) is 5.65. The Balaban J connectivity index is 1.94. The SMILES string of the molecule is CC(C)CONC1CCc2cc(NC(=O)OC(C)(C)C)ccc21. The summed E-state index contributed by atoms with van der Waals surface area (Å²) in [5.41, 5.74) is 5.90. The molecule has 0 spiro atoms.